The molecule has 1 fully saturated rings. The van der Waals surface area contributed by atoms with E-state index in [2.05, 4.69) is 22.1 Å². The lowest BCUT2D eigenvalue weighted by Crippen LogP contribution is -2.25. The number of aryl methyl sites for hydroxylation is 2. The highest BCUT2D eigenvalue weighted by atomic mass is 16.6. The number of terminal acetylenes is 2. The number of amides is 1. The Kier molecular flexibility index (Phi) is 19.2. The second kappa shape index (κ2) is 23.8. The molecule has 53 heavy (non-hydrogen) atoms. The van der Waals surface area contributed by atoms with Crippen molar-refractivity contribution in [3.05, 3.63) is 71.1 Å². The zero-order valence-electron chi connectivity index (χ0n) is 30.7. The zero-order chi connectivity index (χ0) is 38.4. The molecule has 0 saturated heterocycles. The van der Waals surface area contributed by atoms with Gasteiger partial charge in [-0.2, -0.15) is 0 Å². The van der Waals surface area contributed by atoms with Crippen LogP contribution in [0, 0.1) is 43.4 Å². The van der Waals surface area contributed by atoms with Crippen molar-refractivity contribution in [1.29, 1.82) is 0 Å². The Balaban J connectivity index is 1.52. The van der Waals surface area contributed by atoms with Gasteiger partial charge in [-0.1, -0.05) is 42.5 Å². The zero-order valence-corrected chi connectivity index (χ0v) is 30.7. The Morgan fingerprint density at radius 2 is 1.70 bits per heavy atom. The predicted octanol–water partition coefficient (Wildman–Crippen LogP) is 5.64. The Bertz CT molecular complexity index is 1560. The molecule has 1 aliphatic rings. The summed E-state index contributed by atoms with van der Waals surface area (Å²) in [7, 11) is 0. The van der Waals surface area contributed by atoms with Crippen molar-refractivity contribution in [2.24, 2.45) is 11.8 Å². The van der Waals surface area contributed by atoms with Crippen molar-refractivity contribution in [3.8, 4) is 30.4 Å². The van der Waals surface area contributed by atoms with Gasteiger partial charge in [-0.25, -0.2) is 4.79 Å². The lowest BCUT2D eigenvalue weighted by atomic mass is 9.85. The molecule has 1 saturated carbocycles. The van der Waals surface area contributed by atoms with E-state index in [-0.39, 0.29) is 50.2 Å². The number of pyridine rings is 1. The van der Waals surface area contributed by atoms with Crippen molar-refractivity contribution in [3.63, 3.8) is 0 Å². The van der Waals surface area contributed by atoms with Gasteiger partial charge in [-0.05, 0) is 82.1 Å². The van der Waals surface area contributed by atoms with Gasteiger partial charge in [0.05, 0.1) is 24.0 Å². The topological polar surface area (TPSA) is 165 Å². The number of unbranched alkanes of at least 4 members (excludes halogenated alkanes) is 2. The summed E-state index contributed by atoms with van der Waals surface area (Å²) in [6, 6.07) is 10.0. The van der Waals surface area contributed by atoms with E-state index in [0.717, 1.165) is 6.42 Å². The first-order valence-electron chi connectivity index (χ1n) is 18.5. The first-order chi connectivity index (χ1) is 25.6. The Hall–Kier alpha value is -4.68. The molecule has 0 bridgehead atoms. The fourth-order valence-electron chi connectivity index (χ4n) is 6.40. The molecule has 3 rings (SSSR count). The van der Waals surface area contributed by atoms with Gasteiger partial charge in [0.2, 0.25) is 0 Å². The highest BCUT2D eigenvalue weighted by Crippen LogP contribution is 2.38. The molecule has 286 valence electrons. The Labute approximate surface area is 313 Å². The minimum atomic E-state index is -0.710. The summed E-state index contributed by atoms with van der Waals surface area (Å²) in [6.07, 6.45) is 19.6. The number of nitrogens with one attached hydrogen (secondary N) is 1. The highest BCUT2D eigenvalue weighted by molar-refractivity contribution is 5.73. The maximum absolute atomic E-state index is 13.0. The lowest BCUT2D eigenvalue weighted by molar-refractivity contribution is -0.145. The third-order valence-electron chi connectivity index (χ3n) is 9.39. The molecule has 1 aromatic carbocycles. The number of hydrogen-bond acceptors (Lipinski definition) is 10. The fraction of sp³-hybridized carbons (Fsp3) is 0.524. The quantitative estimate of drug-likeness (QED) is 0.0516. The van der Waals surface area contributed by atoms with Crippen molar-refractivity contribution in [1.82, 2.24) is 10.3 Å². The Morgan fingerprint density at radius 3 is 2.45 bits per heavy atom. The first kappa shape index (κ1) is 42.7. The van der Waals surface area contributed by atoms with Crippen LogP contribution in [0.1, 0.15) is 99.4 Å². The number of aliphatic hydroxyl groups excluding tert-OH is 3. The van der Waals surface area contributed by atoms with E-state index < -0.39 is 36.3 Å². The number of hydrogen-bond donors (Lipinski definition) is 4. The van der Waals surface area contributed by atoms with Crippen LogP contribution in [0.15, 0.2) is 48.7 Å². The average Bonchev–Trinajstić information content (AvgIpc) is 3.42. The van der Waals surface area contributed by atoms with E-state index in [9.17, 15) is 29.7 Å². The molecule has 1 aromatic heterocycles. The number of alkyl carbamates (subject to hydrolysis) is 1. The molecule has 0 unspecified atom stereocenters. The number of nitrogens with zero attached hydrogens (tertiary/aromatic N) is 1. The van der Waals surface area contributed by atoms with E-state index in [4.69, 9.17) is 27.1 Å². The molecule has 4 N–H and O–H groups in total. The third-order valence-corrected chi connectivity index (χ3v) is 9.39. The number of aromatic nitrogens is 1. The minimum Gasteiger partial charge on any atom is -0.461 e. The van der Waals surface area contributed by atoms with Crippen LogP contribution in [0.5, 0.6) is 5.75 Å². The standard InChI is InChI=1S/C42H54N2O9/c1-4-6-11-19-39(48)51-28-32-27-44-30(3)41(36(32)29-52-42(50)43-25-7-5-2)53-40(49)20-15-9-8-14-18-34-35(38(47)26-37(34)46)24-23-33(45)22-21-31-16-12-10-13-17-31/h1-2,8,10,12-14,16-17,27,33-35,37-38,45-47H,6-7,9,11,15,18-26,28-29H2,3H3,(H,43,50)/b14-8-/t33-,34+,35+,37-,38+/m0/s1. The number of rotatable bonds is 22. The van der Waals surface area contributed by atoms with Crippen LogP contribution in [0.3, 0.4) is 0 Å². The van der Waals surface area contributed by atoms with Gasteiger partial charge < -0.3 is 34.8 Å². The summed E-state index contributed by atoms with van der Waals surface area (Å²) in [5.41, 5.74) is 2.34. The van der Waals surface area contributed by atoms with Gasteiger partial charge in [0.15, 0.2) is 5.75 Å². The van der Waals surface area contributed by atoms with Crippen molar-refractivity contribution >= 4 is 18.0 Å². The molecular formula is C42H54N2O9. The second-order valence-corrected chi connectivity index (χ2v) is 13.4. The molecule has 2 aromatic rings. The van der Waals surface area contributed by atoms with Crippen molar-refractivity contribution in [2.45, 2.75) is 122 Å². The minimum absolute atomic E-state index is 0.0965. The summed E-state index contributed by atoms with van der Waals surface area (Å²) in [6.45, 7) is 1.45. The van der Waals surface area contributed by atoms with E-state index in [1.165, 1.54) is 11.8 Å². The molecule has 11 nitrogen and oxygen atoms in total. The number of carbonyl (C=O) groups is 3. The average molecular weight is 731 g/mol. The van der Waals surface area contributed by atoms with E-state index in [1.807, 2.05) is 42.5 Å². The number of ether oxygens (including phenoxy) is 3. The van der Waals surface area contributed by atoms with Crippen molar-refractivity contribution in [2.75, 3.05) is 6.54 Å². The van der Waals surface area contributed by atoms with E-state index >= 15 is 0 Å². The van der Waals surface area contributed by atoms with Crippen LogP contribution in [-0.4, -0.2) is 63.2 Å². The Morgan fingerprint density at radius 1 is 0.962 bits per heavy atom. The molecule has 5 atom stereocenters. The maximum Gasteiger partial charge on any atom is 0.407 e. The lowest BCUT2D eigenvalue weighted by Gasteiger charge is -2.23. The number of carbonyl (C=O) groups excluding carboxylic acids is 3. The van der Waals surface area contributed by atoms with Gasteiger partial charge in [0, 0.05) is 49.6 Å². The SMILES string of the molecule is C#CCCCC(=O)OCc1cnc(C)c(OC(=O)CCC/C=C\C[C@@H]2[C@@H](CC[C@@H](O)CCc3ccccc3)[C@H](O)C[C@@H]2O)c1COC(=O)NCCC#C. The molecule has 0 spiro atoms. The third kappa shape index (κ3) is 15.4. The summed E-state index contributed by atoms with van der Waals surface area (Å²) in [5.74, 6) is 3.86. The van der Waals surface area contributed by atoms with Crippen LogP contribution in [-0.2, 0) is 38.7 Å². The molecule has 0 radical (unpaired) electrons. The molecular weight excluding hydrogens is 676 g/mol. The number of aliphatic hydroxyl groups is 3. The second-order valence-electron chi connectivity index (χ2n) is 13.4. The van der Waals surface area contributed by atoms with Gasteiger partial charge in [-0.3, -0.25) is 14.6 Å². The van der Waals surface area contributed by atoms with Gasteiger partial charge in [0.25, 0.3) is 0 Å². The summed E-state index contributed by atoms with van der Waals surface area (Å²) in [4.78, 5) is 41.8. The number of esters is 2. The molecule has 0 aliphatic heterocycles. The van der Waals surface area contributed by atoms with E-state index in [1.54, 1.807) is 6.92 Å². The maximum atomic E-state index is 13.0. The fourth-order valence-corrected chi connectivity index (χ4v) is 6.40. The highest BCUT2D eigenvalue weighted by Gasteiger charge is 2.40. The molecule has 1 amide bonds. The van der Waals surface area contributed by atoms with Crippen LogP contribution in [0.25, 0.3) is 0 Å². The monoisotopic (exact) mass is 730 g/mol. The molecule has 1 aliphatic carbocycles. The molecule has 1 heterocycles. The van der Waals surface area contributed by atoms with Gasteiger partial charge >= 0.3 is 18.0 Å². The summed E-state index contributed by atoms with van der Waals surface area (Å²) in [5, 5.41) is 34.4. The predicted molar refractivity (Wildman–Crippen MR) is 200 cm³/mol. The smallest absolute Gasteiger partial charge is 0.407 e. The largest absolute Gasteiger partial charge is 0.461 e. The van der Waals surface area contributed by atoms with Gasteiger partial charge in [0.1, 0.15) is 13.2 Å². The van der Waals surface area contributed by atoms with E-state index in [0.29, 0.717) is 81.0 Å². The number of allylic oxidation sites excluding steroid dienone is 2. The van der Waals surface area contributed by atoms with Crippen LogP contribution >= 0.6 is 0 Å². The first-order valence-corrected chi connectivity index (χ1v) is 18.5. The normalized spacial score (nSPS) is 18.5. The summed E-state index contributed by atoms with van der Waals surface area (Å²) >= 11 is 0. The van der Waals surface area contributed by atoms with Crippen LogP contribution < -0.4 is 10.1 Å². The summed E-state index contributed by atoms with van der Waals surface area (Å²) < 4.78 is 16.5. The van der Waals surface area contributed by atoms with Crippen LogP contribution in [0.4, 0.5) is 4.79 Å². The van der Waals surface area contributed by atoms with Crippen LogP contribution in [0.2, 0.25) is 0 Å². The molecule has 11 heteroatoms. The van der Waals surface area contributed by atoms with Crippen molar-refractivity contribution < 1.29 is 43.9 Å². The number of benzene rings is 1. The van der Waals surface area contributed by atoms with Gasteiger partial charge in [-0.15, -0.1) is 24.7 Å².